The molecule has 1 rings (SSSR count). The molecule has 5 N–H and O–H groups in total. The van der Waals surface area contributed by atoms with Crippen LogP contribution >= 0.6 is 0 Å². The Morgan fingerprint density at radius 3 is 2.37 bits per heavy atom. The highest BCUT2D eigenvalue weighted by atomic mass is 16.6. The van der Waals surface area contributed by atoms with Crippen LogP contribution in [-0.4, -0.2) is 75.4 Å². The van der Waals surface area contributed by atoms with Gasteiger partial charge in [-0.1, -0.05) is 6.58 Å². The van der Waals surface area contributed by atoms with Gasteiger partial charge in [0.15, 0.2) is 6.29 Å². The van der Waals surface area contributed by atoms with E-state index < -0.39 is 43.3 Å². The number of rotatable bonds is 5. The summed E-state index contributed by atoms with van der Waals surface area (Å²) in [4.78, 5) is 11.4. The minimum atomic E-state index is -1.68. The van der Waals surface area contributed by atoms with Crippen molar-refractivity contribution in [3.63, 3.8) is 0 Å². The highest BCUT2D eigenvalue weighted by Gasteiger charge is 2.43. The Labute approximate surface area is 109 Å². The number of carbonyl (C=O) groups excluding carboxylic acids is 1. The summed E-state index contributed by atoms with van der Waals surface area (Å²) in [5.74, 6) is -0.778. The molecular weight excluding hydrogens is 260 g/mol. The molecule has 0 saturated carbocycles. The molecule has 0 amide bonds. The van der Waals surface area contributed by atoms with Crippen LogP contribution in [0.1, 0.15) is 6.42 Å². The molecule has 5 unspecified atom stereocenters. The summed E-state index contributed by atoms with van der Waals surface area (Å²) in [6, 6.07) is 0. The lowest BCUT2D eigenvalue weighted by Crippen LogP contribution is -2.58. The van der Waals surface area contributed by atoms with Crippen molar-refractivity contribution in [3.8, 4) is 0 Å². The first-order valence-electron chi connectivity index (χ1n) is 5.72. The van der Waals surface area contributed by atoms with Crippen molar-refractivity contribution in [2.24, 2.45) is 0 Å². The number of aliphatic hydroxyl groups excluding tert-OH is 5. The lowest BCUT2D eigenvalue weighted by atomic mass is 9.99. The average molecular weight is 278 g/mol. The number of aliphatic hydroxyl groups is 5. The SMILES string of the molecule is C=C(CCO)C(=O)OCC1OC(O)C(O)C(O)C1O. The van der Waals surface area contributed by atoms with E-state index in [1.54, 1.807) is 0 Å². The van der Waals surface area contributed by atoms with Crippen molar-refractivity contribution >= 4 is 5.97 Å². The molecule has 0 aliphatic carbocycles. The van der Waals surface area contributed by atoms with E-state index >= 15 is 0 Å². The van der Waals surface area contributed by atoms with Crippen molar-refractivity contribution in [2.45, 2.75) is 37.1 Å². The van der Waals surface area contributed by atoms with Crippen LogP contribution in [-0.2, 0) is 14.3 Å². The molecule has 0 spiro atoms. The maximum absolute atomic E-state index is 11.4. The number of esters is 1. The molecule has 8 heteroatoms. The highest BCUT2D eigenvalue weighted by molar-refractivity contribution is 5.87. The van der Waals surface area contributed by atoms with E-state index in [-0.39, 0.29) is 18.6 Å². The van der Waals surface area contributed by atoms with Crippen LogP contribution < -0.4 is 0 Å². The quantitative estimate of drug-likeness (QED) is 0.270. The number of carbonyl (C=O) groups is 1. The molecule has 0 aromatic heterocycles. The maximum atomic E-state index is 11.4. The standard InChI is InChI=1S/C11H18O8/c1-5(2-3-12)10(16)18-4-6-7(13)8(14)9(15)11(17)19-6/h6-9,11-15,17H,1-4H2. The van der Waals surface area contributed by atoms with Gasteiger partial charge in [-0.15, -0.1) is 0 Å². The summed E-state index contributed by atoms with van der Waals surface area (Å²) in [6.45, 7) is 2.72. The van der Waals surface area contributed by atoms with Gasteiger partial charge in [0.25, 0.3) is 0 Å². The monoisotopic (exact) mass is 278 g/mol. The van der Waals surface area contributed by atoms with E-state index in [1.165, 1.54) is 0 Å². The summed E-state index contributed by atoms with van der Waals surface area (Å²) in [6.07, 6.45) is -7.53. The molecule has 1 aliphatic rings. The van der Waals surface area contributed by atoms with Crippen molar-refractivity contribution in [1.82, 2.24) is 0 Å². The molecule has 8 nitrogen and oxygen atoms in total. The van der Waals surface area contributed by atoms with Gasteiger partial charge in [0, 0.05) is 18.6 Å². The number of hydrogen-bond acceptors (Lipinski definition) is 8. The molecule has 110 valence electrons. The molecule has 1 saturated heterocycles. The van der Waals surface area contributed by atoms with Gasteiger partial charge in [0.1, 0.15) is 31.0 Å². The topological polar surface area (TPSA) is 137 Å². The van der Waals surface area contributed by atoms with Gasteiger partial charge in [-0.3, -0.25) is 0 Å². The molecule has 0 aromatic rings. The second kappa shape index (κ2) is 6.94. The van der Waals surface area contributed by atoms with Crippen LogP contribution in [0.15, 0.2) is 12.2 Å². The zero-order valence-electron chi connectivity index (χ0n) is 10.2. The Morgan fingerprint density at radius 1 is 1.16 bits per heavy atom. The Balaban J connectivity index is 2.48. The van der Waals surface area contributed by atoms with Crippen LogP contribution in [0, 0.1) is 0 Å². The molecule has 0 aromatic carbocycles. The predicted octanol–water partition coefficient (Wildman–Crippen LogP) is -2.73. The zero-order valence-corrected chi connectivity index (χ0v) is 10.2. The second-order valence-electron chi connectivity index (χ2n) is 4.21. The fraction of sp³-hybridized carbons (Fsp3) is 0.727. The van der Waals surface area contributed by atoms with Crippen molar-refractivity contribution in [1.29, 1.82) is 0 Å². The zero-order chi connectivity index (χ0) is 14.6. The van der Waals surface area contributed by atoms with Crippen LogP contribution in [0.2, 0.25) is 0 Å². The molecule has 19 heavy (non-hydrogen) atoms. The molecule has 5 atom stereocenters. The minimum absolute atomic E-state index is 0.0499. The third-order valence-corrected chi connectivity index (χ3v) is 2.77. The van der Waals surface area contributed by atoms with E-state index in [2.05, 4.69) is 6.58 Å². The minimum Gasteiger partial charge on any atom is -0.459 e. The van der Waals surface area contributed by atoms with Crippen LogP contribution in [0.3, 0.4) is 0 Å². The largest absolute Gasteiger partial charge is 0.459 e. The normalized spacial score (nSPS) is 34.9. The van der Waals surface area contributed by atoms with E-state index in [0.717, 1.165) is 0 Å². The fourth-order valence-corrected chi connectivity index (χ4v) is 1.57. The number of ether oxygens (including phenoxy) is 2. The smallest absolute Gasteiger partial charge is 0.333 e. The van der Waals surface area contributed by atoms with Gasteiger partial charge in [-0.25, -0.2) is 4.79 Å². The average Bonchev–Trinajstić information content (AvgIpc) is 2.38. The van der Waals surface area contributed by atoms with Gasteiger partial charge in [0.2, 0.25) is 0 Å². The summed E-state index contributed by atoms with van der Waals surface area (Å²) in [5, 5.41) is 46.1. The first kappa shape index (κ1) is 16.0. The first-order chi connectivity index (χ1) is 8.88. The molecule has 0 bridgehead atoms. The van der Waals surface area contributed by atoms with Crippen molar-refractivity contribution in [3.05, 3.63) is 12.2 Å². The van der Waals surface area contributed by atoms with Gasteiger partial charge in [0.05, 0.1) is 0 Å². The Kier molecular flexibility index (Phi) is 5.85. The molecule has 1 aliphatic heterocycles. The Hall–Kier alpha value is -1.03. The van der Waals surface area contributed by atoms with Gasteiger partial charge >= 0.3 is 5.97 Å². The highest BCUT2D eigenvalue weighted by Crippen LogP contribution is 2.20. The lowest BCUT2D eigenvalue weighted by molar-refractivity contribution is -0.287. The molecule has 0 radical (unpaired) electrons. The lowest BCUT2D eigenvalue weighted by Gasteiger charge is -2.37. The third kappa shape index (κ3) is 3.96. The molecule has 1 fully saturated rings. The van der Waals surface area contributed by atoms with Crippen LogP contribution in [0.25, 0.3) is 0 Å². The van der Waals surface area contributed by atoms with Crippen LogP contribution in [0.4, 0.5) is 0 Å². The van der Waals surface area contributed by atoms with E-state index in [1.807, 2.05) is 0 Å². The Morgan fingerprint density at radius 2 is 1.79 bits per heavy atom. The number of hydrogen-bond donors (Lipinski definition) is 5. The van der Waals surface area contributed by atoms with Gasteiger partial charge in [-0.2, -0.15) is 0 Å². The summed E-state index contributed by atoms with van der Waals surface area (Å²) >= 11 is 0. The van der Waals surface area contributed by atoms with Gasteiger partial charge < -0.3 is 35.0 Å². The van der Waals surface area contributed by atoms with Crippen molar-refractivity contribution in [2.75, 3.05) is 13.2 Å². The summed E-state index contributed by atoms with van der Waals surface area (Å²) < 4.78 is 9.57. The van der Waals surface area contributed by atoms with E-state index in [0.29, 0.717) is 0 Å². The summed E-state index contributed by atoms with van der Waals surface area (Å²) in [5.41, 5.74) is 0.0499. The van der Waals surface area contributed by atoms with Crippen LogP contribution in [0.5, 0.6) is 0 Å². The molecule has 1 heterocycles. The third-order valence-electron chi connectivity index (χ3n) is 2.77. The van der Waals surface area contributed by atoms with Gasteiger partial charge in [-0.05, 0) is 0 Å². The Bertz CT molecular complexity index is 331. The second-order valence-corrected chi connectivity index (χ2v) is 4.21. The predicted molar refractivity (Wildman–Crippen MR) is 60.7 cm³/mol. The first-order valence-corrected chi connectivity index (χ1v) is 5.72. The summed E-state index contributed by atoms with van der Waals surface area (Å²) in [7, 11) is 0. The maximum Gasteiger partial charge on any atom is 0.333 e. The fourth-order valence-electron chi connectivity index (χ4n) is 1.57. The van der Waals surface area contributed by atoms with Crippen molar-refractivity contribution < 1.29 is 39.8 Å². The molecular formula is C11H18O8. The van der Waals surface area contributed by atoms with E-state index in [4.69, 9.17) is 14.6 Å². The van der Waals surface area contributed by atoms with E-state index in [9.17, 15) is 25.2 Å².